The highest BCUT2D eigenvalue weighted by atomic mass is 32.2. The molecule has 204 valence electrons. The molecule has 8 heteroatoms. The van der Waals surface area contributed by atoms with E-state index in [2.05, 4.69) is 57.0 Å². The molecule has 1 saturated heterocycles. The predicted molar refractivity (Wildman–Crippen MR) is 158 cm³/mol. The lowest BCUT2D eigenvalue weighted by Crippen LogP contribution is -2.49. The van der Waals surface area contributed by atoms with Gasteiger partial charge in [-0.15, -0.1) is 0 Å². The summed E-state index contributed by atoms with van der Waals surface area (Å²) in [4.78, 5) is 12.4. The second kappa shape index (κ2) is 10.7. The van der Waals surface area contributed by atoms with Crippen LogP contribution in [0.1, 0.15) is 50.7 Å². The lowest BCUT2D eigenvalue weighted by Gasteiger charge is -2.37. The average molecular weight is 544 g/mol. The van der Waals surface area contributed by atoms with Crippen molar-refractivity contribution < 1.29 is 8.42 Å². The summed E-state index contributed by atoms with van der Waals surface area (Å²) in [5.41, 5.74) is 4.14. The molecule has 0 amide bonds. The van der Waals surface area contributed by atoms with Crippen molar-refractivity contribution in [3.63, 3.8) is 0 Å². The molecule has 1 N–H and O–H groups in total. The molecule has 1 atom stereocenters. The van der Waals surface area contributed by atoms with Gasteiger partial charge in [-0.1, -0.05) is 62.7 Å². The number of nitrogens with zero attached hydrogens (tertiary/aromatic N) is 4. The summed E-state index contributed by atoms with van der Waals surface area (Å²) in [5.74, 6) is 1.49. The van der Waals surface area contributed by atoms with Crippen molar-refractivity contribution in [1.82, 2.24) is 19.2 Å². The van der Waals surface area contributed by atoms with Crippen LogP contribution in [0.25, 0.3) is 10.9 Å². The highest BCUT2D eigenvalue weighted by Crippen LogP contribution is 2.29. The molecule has 0 radical (unpaired) electrons. The zero-order valence-electron chi connectivity index (χ0n) is 23.3. The molecule has 39 heavy (non-hydrogen) atoms. The van der Waals surface area contributed by atoms with Crippen LogP contribution in [0.3, 0.4) is 0 Å². The van der Waals surface area contributed by atoms with Gasteiger partial charge in [0.15, 0.2) is 0 Å². The van der Waals surface area contributed by atoms with Gasteiger partial charge in [-0.05, 0) is 61.2 Å². The number of sulfonamides is 1. The molecule has 0 spiro atoms. The van der Waals surface area contributed by atoms with Gasteiger partial charge in [0.05, 0.1) is 16.5 Å². The molecule has 2 heterocycles. The largest absolute Gasteiger partial charge is 0.340 e. The third kappa shape index (κ3) is 5.83. The number of para-hydroxylation sites is 1. The predicted octanol–water partition coefficient (Wildman–Crippen LogP) is 6.05. The molecule has 1 aliphatic rings. The van der Waals surface area contributed by atoms with Gasteiger partial charge in [-0.3, -0.25) is 4.90 Å². The standard InChI is InChI=1S/C31H37N5O2S/c1-22-10-14-25(15-11-22)32-30-27-8-6-7-9-28(27)33-29(34-30)23(2)35-18-20-36(21-19-35)39(37,38)26-16-12-24(13-17-26)31(3,4)5/h6-17,23H,18-21H2,1-5H3,(H,32,33,34). The van der Waals surface area contributed by atoms with Crippen molar-refractivity contribution in [1.29, 1.82) is 0 Å². The van der Waals surface area contributed by atoms with Crippen LogP contribution in [0.2, 0.25) is 0 Å². The lowest BCUT2D eigenvalue weighted by molar-refractivity contribution is 0.141. The van der Waals surface area contributed by atoms with E-state index < -0.39 is 10.0 Å². The van der Waals surface area contributed by atoms with Gasteiger partial charge in [-0.25, -0.2) is 18.4 Å². The molecule has 1 aromatic heterocycles. The number of aromatic nitrogens is 2. The molecule has 1 fully saturated rings. The Morgan fingerprint density at radius 2 is 1.49 bits per heavy atom. The second-order valence-electron chi connectivity index (χ2n) is 11.3. The van der Waals surface area contributed by atoms with Crippen LogP contribution < -0.4 is 5.32 Å². The van der Waals surface area contributed by atoms with Crippen LogP contribution >= 0.6 is 0 Å². The Labute approximate surface area is 232 Å². The second-order valence-corrected chi connectivity index (χ2v) is 13.3. The van der Waals surface area contributed by atoms with Crippen LogP contribution in [0.5, 0.6) is 0 Å². The highest BCUT2D eigenvalue weighted by molar-refractivity contribution is 7.89. The van der Waals surface area contributed by atoms with Gasteiger partial charge in [0, 0.05) is 37.3 Å². The third-order valence-electron chi connectivity index (χ3n) is 7.49. The first-order chi connectivity index (χ1) is 18.5. The number of fused-ring (bicyclic) bond motifs is 1. The van der Waals surface area contributed by atoms with Crippen molar-refractivity contribution in [2.24, 2.45) is 0 Å². The number of rotatable bonds is 6. The van der Waals surface area contributed by atoms with Crippen LogP contribution in [-0.2, 0) is 15.4 Å². The Hall–Kier alpha value is -3.33. The summed E-state index contributed by atoms with van der Waals surface area (Å²) in [7, 11) is -3.55. The number of aryl methyl sites for hydroxylation is 1. The Balaban J connectivity index is 1.32. The van der Waals surface area contributed by atoms with E-state index in [9.17, 15) is 8.42 Å². The minimum atomic E-state index is -3.55. The van der Waals surface area contributed by atoms with E-state index in [1.165, 1.54) is 5.56 Å². The van der Waals surface area contributed by atoms with Gasteiger partial charge in [-0.2, -0.15) is 4.31 Å². The smallest absolute Gasteiger partial charge is 0.243 e. The summed E-state index contributed by atoms with van der Waals surface area (Å²) >= 11 is 0. The fraction of sp³-hybridized carbons (Fsp3) is 0.355. The first kappa shape index (κ1) is 27.2. The molecule has 3 aromatic carbocycles. The van der Waals surface area contributed by atoms with E-state index >= 15 is 0 Å². The molecule has 1 unspecified atom stereocenters. The van der Waals surface area contributed by atoms with E-state index in [1.807, 2.05) is 48.5 Å². The minimum Gasteiger partial charge on any atom is -0.340 e. The van der Waals surface area contributed by atoms with Crippen LogP contribution in [-0.4, -0.2) is 53.8 Å². The van der Waals surface area contributed by atoms with Gasteiger partial charge in [0.2, 0.25) is 10.0 Å². The topological polar surface area (TPSA) is 78.4 Å². The maximum absolute atomic E-state index is 13.4. The monoisotopic (exact) mass is 543 g/mol. The summed E-state index contributed by atoms with van der Waals surface area (Å²) in [6.07, 6.45) is 0. The summed E-state index contributed by atoms with van der Waals surface area (Å²) in [5, 5.41) is 4.43. The zero-order chi connectivity index (χ0) is 27.8. The number of hydrogen-bond donors (Lipinski definition) is 1. The Bertz CT molecular complexity index is 1550. The molecule has 0 bridgehead atoms. The average Bonchev–Trinajstić information content (AvgIpc) is 2.93. The molecule has 4 aromatic rings. The van der Waals surface area contributed by atoms with Crippen molar-refractivity contribution in [3.05, 3.63) is 89.7 Å². The van der Waals surface area contributed by atoms with Gasteiger partial charge in [0.1, 0.15) is 11.6 Å². The number of hydrogen-bond acceptors (Lipinski definition) is 6. The van der Waals surface area contributed by atoms with Gasteiger partial charge >= 0.3 is 0 Å². The molecule has 5 rings (SSSR count). The minimum absolute atomic E-state index is 0.0234. The maximum atomic E-state index is 13.4. The first-order valence-corrected chi connectivity index (χ1v) is 14.9. The maximum Gasteiger partial charge on any atom is 0.243 e. The summed E-state index contributed by atoms with van der Waals surface area (Å²) in [6.45, 7) is 12.6. The molecule has 1 aliphatic heterocycles. The Kier molecular flexibility index (Phi) is 7.46. The third-order valence-corrected chi connectivity index (χ3v) is 9.40. The lowest BCUT2D eigenvalue weighted by atomic mass is 9.87. The fourth-order valence-corrected chi connectivity index (χ4v) is 6.34. The van der Waals surface area contributed by atoms with E-state index in [0.29, 0.717) is 31.1 Å². The van der Waals surface area contributed by atoms with E-state index in [0.717, 1.165) is 33.8 Å². The quantitative estimate of drug-likeness (QED) is 0.319. The van der Waals surface area contributed by atoms with E-state index in [4.69, 9.17) is 9.97 Å². The van der Waals surface area contributed by atoms with Gasteiger partial charge < -0.3 is 5.32 Å². The van der Waals surface area contributed by atoms with Gasteiger partial charge in [0.25, 0.3) is 0 Å². The normalized spacial score (nSPS) is 16.3. The number of benzene rings is 3. The number of anilines is 2. The van der Waals surface area contributed by atoms with Crippen molar-refractivity contribution in [2.75, 3.05) is 31.5 Å². The molecule has 0 saturated carbocycles. The fourth-order valence-electron chi connectivity index (χ4n) is 4.92. The van der Waals surface area contributed by atoms with Crippen LogP contribution in [0.15, 0.2) is 77.7 Å². The number of nitrogens with one attached hydrogen (secondary N) is 1. The molecular formula is C31H37N5O2S. The number of piperazine rings is 1. The van der Waals surface area contributed by atoms with Crippen molar-refractivity contribution >= 4 is 32.4 Å². The molecule has 7 nitrogen and oxygen atoms in total. The Morgan fingerprint density at radius 3 is 2.13 bits per heavy atom. The van der Waals surface area contributed by atoms with Crippen molar-refractivity contribution in [3.8, 4) is 0 Å². The summed E-state index contributed by atoms with van der Waals surface area (Å²) < 4.78 is 28.3. The van der Waals surface area contributed by atoms with E-state index in [-0.39, 0.29) is 11.5 Å². The Morgan fingerprint density at radius 1 is 0.846 bits per heavy atom. The first-order valence-electron chi connectivity index (χ1n) is 13.5. The van der Waals surface area contributed by atoms with Crippen LogP contribution in [0, 0.1) is 6.92 Å². The SMILES string of the molecule is Cc1ccc(Nc2nc(C(C)N3CCN(S(=O)(=O)c4ccc(C(C)(C)C)cc4)CC3)nc3ccccc23)cc1. The zero-order valence-corrected chi connectivity index (χ0v) is 24.2. The summed E-state index contributed by atoms with van der Waals surface area (Å²) in [6, 6.07) is 23.5. The molecule has 0 aliphatic carbocycles. The van der Waals surface area contributed by atoms with Crippen LogP contribution in [0.4, 0.5) is 11.5 Å². The van der Waals surface area contributed by atoms with Crippen molar-refractivity contribution in [2.45, 2.75) is 51.0 Å². The van der Waals surface area contributed by atoms with E-state index in [1.54, 1.807) is 16.4 Å². The highest BCUT2D eigenvalue weighted by Gasteiger charge is 2.31. The molecular weight excluding hydrogens is 506 g/mol.